The first-order valence-electron chi connectivity index (χ1n) is 5.76. The van der Waals surface area contributed by atoms with Crippen molar-refractivity contribution in [3.8, 4) is 0 Å². The van der Waals surface area contributed by atoms with Gasteiger partial charge in [0.15, 0.2) is 6.29 Å². The highest BCUT2D eigenvalue weighted by Crippen LogP contribution is 2.01. The fourth-order valence-corrected chi connectivity index (χ4v) is 1.40. The summed E-state index contributed by atoms with van der Waals surface area (Å²) < 4.78 is 15.0. The van der Waals surface area contributed by atoms with E-state index in [0.717, 1.165) is 5.56 Å². The van der Waals surface area contributed by atoms with Crippen LogP contribution in [0.1, 0.15) is 12.0 Å². The number of rotatable bonds is 7. The van der Waals surface area contributed by atoms with E-state index in [2.05, 4.69) is 5.32 Å². The summed E-state index contributed by atoms with van der Waals surface area (Å²) in [6.45, 7) is 0.713. The molecule has 0 spiro atoms. The number of carbonyl (C=O) groups is 1. The Bertz CT molecular complexity index is 338. The van der Waals surface area contributed by atoms with E-state index in [1.54, 1.807) is 14.2 Å². The summed E-state index contributed by atoms with van der Waals surface area (Å²) in [5, 5.41) is 2.63. The number of carbonyl (C=O) groups excluding carboxylic acids is 1. The molecule has 0 saturated heterocycles. The first-order valence-corrected chi connectivity index (χ1v) is 5.76. The van der Waals surface area contributed by atoms with E-state index in [9.17, 15) is 4.79 Å². The van der Waals surface area contributed by atoms with Gasteiger partial charge in [-0.05, 0) is 5.56 Å². The number of amides is 1. The summed E-state index contributed by atoms with van der Waals surface area (Å²) in [6.07, 6.45) is -0.169. The highest BCUT2D eigenvalue weighted by molar-refractivity contribution is 5.67. The zero-order valence-corrected chi connectivity index (χ0v) is 10.7. The molecule has 100 valence electrons. The van der Waals surface area contributed by atoms with Gasteiger partial charge in [-0.3, -0.25) is 0 Å². The molecule has 0 saturated carbocycles. The molecule has 0 atom stereocenters. The summed E-state index contributed by atoms with van der Waals surface area (Å²) in [7, 11) is 3.11. The van der Waals surface area contributed by atoms with Crippen LogP contribution in [0.2, 0.25) is 0 Å². The smallest absolute Gasteiger partial charge is 0.407 e. The maximum absolute atomic E-state index is 11.4. The second kappa shape index (κ2) is 8.49. The van der Waals surface area contributed by atoms with Gasteiger partial charge in [0.25, 0.3) is 0 Å². The highest BCUT2D eigenvalue weighted by atomic mass is 16.7. The number of hydrogen-bond acceptors (Lipinski definition) is 4. The quantitative estimate of drug-likeness (QED) is 0.754. The molecule has 0 aliphatic heterocycles. The Balaban J connectivity index is 2.14. The first kappa shape index (κ1) is 14.5. The molecule has 0 aliphatic carbocycles. The fourth-order valence-electron chi connectivity index (χ4n) is 1.40. The Labute approximate surface area is 107 Å². The molecule has 0 aromatic heterocycles. The van der Waals surface area contributed by atoms with Gasteiger partial charge in [0, 0.05) is 27.2 Å². The van der Waals surface area contributed by atoms with E-state index in [4.69, 9.17) is 14.2 Å². The van der Waals surface area contributed by atoms with Gasteiger partial charge in [0.05, 0.1) is 0 Å². The Morgan fingerprint density at radius 3 is 2.50 bits per heavy atom. The Morgan fingerprint density at radius 2 is 1.89 bits per heavy atom. The predicted octanol–water partition coefficient (Wildman–Crippen LogP) is 1.92. The van der Waals surface area contributed by atoms with E-state index in [1.807, 2.05) is 30.3 Å². The molecule has 5 nitrogen and oxygen atoms in total. The standard InChI is InChI=1S/C13H19NO4/c1-16-12(17-2)8-9-14-13(15)18-10-11-6-4-3-5-7-11/h3-7,12H,8-10H2,1-2H3,(H,14,15). The zero-order chi connectivity index (χ0) is 13.2. The average Bonchev–Trinajstić information content (AvgIpc) is 2.42. The van der Waals surface area contributed by atoms with Gasteiger partial charge in [-0.2, -0.15) is 0 Å². The topological polar surface area (TPSA) is 56.8 Å². The minimum absolute atomic E-state index is 0.269. The second-order valence-electron chi connectivity index (χ2n) is 3.68. The molecule has 18 heavy (non-hydrogen) atoms. The molecule has 0 fully saturated rings. The number of nitrogens with one attached hydrogen (secondary N) is 1. The lowest BCUT2D eigenvalue weighted by atomic mass is 10.2. The lowest BCUT2D eigenvalue weighted by Crippen LogP contribution is -2.28. The van der Waals surface area contributed by atoms with E-state index in [-0.39, 0.29) is 12.9 Å². The fraction of sp³-hybridized carbons (Fsp3) is 0.462. The third-order valence-electron chi connectivity index (χ3n) is 2.39. The molecular weight excluding hydrogens is 234 g/mol. The molecule has 0 bridgehead atoms. The van der Waals surface area contributed by atoms with Crippen molar-refractivity contribution in [2.24, 2.45) is 0 Å². The highest BCUT2D eigenvalue weighted by Gasteiger charge is 2.06. The lowest BCUT2D eigenvalue weighted by Gasteiger charge is -2.13. The van der Waals surface area contributed by atoms with Crippen LogP contribution in [0, 0.1) is 0 Å². The maximum atomic E-state index is 11.4. The SMILES string of the molecule is COC(CCNC(=O)OCc1ccccc1)OC. The number of benzene rings is 1. The van der Waals surface area contributed by atoms with Gasteiger partial charge in [-0.15, -0.1) is 0 Å². The molecule has 0 unspecified atom stereocenters. The van der Waals surface area contributed by atoms with Crippen molar-refractivity contribution in [1.29, 1.82) is 0 Å². The van der Waals surface area contributed by atoms with Crippen LogP contribution < -0.4 is 5.32 Å². The second-order valence-corrected chi connectivity index (χ2v) is 3.68. The van der Waals surface area contributed by atoms with Crippen LogP contribution in [0.25, 0.3) is 0 Å². The van der Waals surface area contributed by atoms with Crippen LogP contribution in [0.15, 0.2) is 30.3 Å². The lowest BCUT2D eigenvalue weighted by molar-refractivity contribution is -0.105. The van der Waals surface area contributed by atoms with Gasteiger partial charge in [0.1, 0.15) is 6.61 Å². The van der Waals surface area contributed by atoms with Crippen LogP contribution in [0.4, 0.5) is 4.79 Å². The summed E-state index contributed by atoms with van der Waals surface area (Å²) in [6, 6.07) is 9.52. The molecule has 1 amide bonds. The largest absolute Gasteiger partial charge is 0.445 e. The van der Waals surface area contributed by atoms with Crippen LogP contribution >= 0.6 is 0 Å². The third-order valence-corrected chi connectivity index (χ3v) is 2.39. The van der Waals surface area contributed by atoms with Gasteiger partial charge >= 0.3 is 6.09 Å². The summed E-state index contributed by atoms with van der Waals surface area (Å²) in [5.74, 6) is 0. The normalized spacial score (nSPS) is 10.4. The van der Waals surface area contributed by atoms with Crippen LogP contribution in [0.3, 0.4) is 0 Å². The summed E-state index contributed by atoms with van der Waals surface area (Å²) >= 11 is 0. The van der Waals surface area contributed by atoms with Crippen molar-refractivity contribution in [3.05, 3.63) is 35.9 Å². The molecule has 1 aromatic carbocycles. The van der Waals surface area contributed by atoms with Gasteiger partial charge in [-0.25, -0.2) is 4.79 Å². The summed E-state index contributed by atoms with van der Waals surface area (Å²) in [4.78, 5) is 11.4. The van der Waals surface area contributed by atoms with Crippen LogP contribution in [0.5, 0.6) is 0 Å². The molecule has 1 N–H and O–H groups in total. The van der Waals surface area contributed by atoms with Crippen molar-refractivity contribution in [2.75, 3.05) is 20.8 Å². The first-order chi connectivity index (χ1) is 8.76. The van der Waals surface area contributed by atoms with Crippen LogP contribution in [-0.2, 0) is 20.8 Å². The van der Waals surface area contributed by atoms with Crippen LogP contribution in [-0.4, -0.2) is 33.1 Å². The number of alkyl carbamates (subject to hydrolysis) is 1. The minimum Gasteiger partial charge on any atom is -0.445 e. The Hall–Kier alpha value is -1.59. The van der Waals surface area contributed by atoms with E-state index < -0.39 is 6.09 Å². The van der Waals surface area contributed by atoms with E-state index in [1.165, 1.54) is 0 Å². The molecule has 5 heteroatoms. The van der Waals surface area contributed by atoms with E-state index >= 15 is 0 Å². The third kappa shape index (κ3) is 5.65. The molecule has 1 aromatic rings. The number of hydrogen-bond donors (Lipinski definition) is 1. The maximum Gasteiger partial charge on any atom is 0.407 e. The number of ether oxygens (including phenoxy) is 3. The molecule has 0 heterocycles. The van der Waals surface area contributed by atoms with Crippen molar-refractivity contribution >= 4 is 6.09 Å². The van der Waals surface area contributed by atoms with Crippen molar-refractivity contribution < 1.29 is 19.0 Å². The average molecular weight is 253 g/mol. The van der Waals surface area contributed by atoms with Crippen molar-refractivity contribution in [3.63, 3.8) is 0 Å². The van der Waals surface area contributed by atoms with Gasteiger partial charge in [0.2, 0.25) is 0 Å². The number of methoxy groups -OCH3 is 2. The minimum atomic E-state index is -0.440. The predicted molar refractivity (Wildman–Crippen MR) is 67.1 cm³/mol. The zero-order valence-electron chi connectivity index (χ0n) is 10.7. The molecule has 0 aliphatic rings. The summed E-state index contributed by atoms with van der Waals surface area (Å²) in [5.41, 5.74) is 0.958. The Kier molecular flexibility index (Phi) is 6.83. The van der Waals surface area contributed by atoms with Crippen molar-refractivity contribution in [1.82, 2.24) is 5.32 Å². The van der Waals surface area contributed by atoms with Gasteiger partial charge < -0.3 is 19.5 Å². The monoisotopic (exact) mass is 253 g/mol. The molecule has 1 rings (SSSR count). The van der Waals surface area contributed by atoms with Gasteiger partial charge in [-0.1, -0.05) is 30.3 Å². The van der Waals surface area contributed by atoms with E-state index in [0.29, 0.717) is 13.0 Å². The molecular formula is C13H19NO4. The molecule has 0 radical (unpaired) electrons. The Morgan fingerprint density at radius 1 is 1.22 bits per heavy atom. The van der Waals surface area contributed by atoms with Crippen molar-refractivity contribution in [2.45, 2.75) is 19.3 Å².